The van der Waals surface area contributed by atoms with E-state index in [4.69, 9.17) is 4.74 Å². The first-order chi connectivity index (χ1) is 12.6. The van der Waals surface area contributed by atoms with E-state index in [0.29, 0.717) is 17.1 Å². The first-order valence-electron chi connectivity index (χ1n) is 7.76. The van der Waals surface area contributed by atoms with Crippen LogP contribution in [0.1, 0.15) is 20.7 Å². The highest BCUT2D eigenvalue weighted by Crippen LogP contribution is 2.34. The summed E-state index contributed by atoms with van der Waals surface area (Å²) in [6.45, 7) is 0. The van der Waals surface area contributed by atoms with Crippen molar-refractivity contribution in [2.75, 3.05) is 10.6 Å². The molecular weight excluding hydrogens is 337 g/mol. The molecule has 128 valence electrons. The van der Waals surface area contributed by atoms with Crippen molar-refractivity contribution in [3.63, 3.8) is 0 Å². The van der Waals surface area contributed by atoms with Gasteiger partial charge < -0.3 is 15.4 Å². The second-order valence-corrected chi connectivity index (χ2v) is 5.56. The molecular formula is C19H12FN3O3. The Morgan fingerprint density at radius 3 is 2.81 bits per heavy atom. The average Bonchev–Trinajstić information content (AvgIpc) is 2.78. The van der Waals surface area contributed by atoms with Crippen molar-refractivity contribution in [2.24, 2.45) is 0 Å². The van der Waals surface area contributed by atoms with Gasteiger partial charge in [-0.2, -0.15) is 0 Å². The van der Waals surface area contributed by atoms with Crippen LogP contribution in [0.3, 0.4) is 0 Å². The number of carbonyl (C=O) groups excluding carboxylic acids is 2. The maximum Gasteiger partial charge on any atom is 0.259 e. The lowest BCUT2D eigenvalue weighted by Crippen LogP contribution is -2.15. The van der Waals surface area contributed by atoms with E-state index in [2.05, 4.69) is 15.6 Å². The molecule has 0 unspecified atom stereocenters. The smallest absolute Gasteiger partial charge is 0.259 e. The van der Waals surface area contributed by atoms with Gasteiger partial charge in [0.25, 0.3) is 11.8 Å². The van der Waals surface area contributed by atoms with Gasteiger partial charge in [0.15, 0.2) is 0 Å². The number of benzene rings is 2. The molecule has 4 rings (SSSR count). The second-order valence-electron chi connectivity index (χ2n) is 5.56. The number of fused-ring (bicyclic) bond motifs is 2. The predicted molar refractivity (Wildman–Crippen MR) is 93.1 cm³/mol. The Morgan fingerprint density at radius 1 is 1.12 bits per heavy atom. The zero-order valence-electron chi connectivity index (χ0n) is 13.3. The first kappa shape index (κ1) is 15.8. The average molecular weight is 349 g/mol. The lowest BCUT2D eigenvalue weighted by atomic mass is 10.1. The van der Waals surface area contributed by atoms with Crippen molar-refractivity contribution in [1.82, 2.24) is 4.98 Å². The molecule has 6 nitrogen and oxygen atoms in total. The van der Waals surface area contributed by atoms with Crippen LogP contribution in [0, 0.1) is 5.82 Å². The number of amides is 2. The number of halogens is 1. The molecule has 7 heteroatoms. The van der Waals surface area contributed by atoms with Gasteiger partial charge in [0.2, 0.25) is 5.88 Å². The Hall–Kier alpha value is -3.74. The Bertz CT molecular complexity index is 1040. The van der Waals surface area contributed by atoms with E-state index in [1.807, 2.05) is 0 Å². The summed E-state index contributed by atoms with van der Waals surface area (Å²) in [5.74, 6) is -1.04. The number of hydrogen-bond acceptors (Lipinski definition) is 4. The Morgan fingerprint density at radius 2 is 1.96 bits per heavy atom. The van der Waals surface area contributed by atoms with Crippen molar-refractivity contribution in [3.8, 4) is 11.6 Å². The predicted octanol–water partition coefficient (Wildman–Crippen LogP) is 3.83. The molecule has 0 bridgehead atoms. The fraction of sp³-hybridized carbons (Fsp3) is 0. The summed E-state index contributed by atoms with van der Waals surface area (Å²) in [7, 11) is 0. The van der Waals surface area contributed by atoms with Crippen molar-refractivity contribution in [1.29, 1.82) is 0 Å². The second kappa shape index (κ2) is 6.29. The lowest BCUT2D eigenvalue weighted by molar-refractivity contribution is 0.101. The van der Waals surface area contributed by atoms with Gasteiger partial charge in [0.1, 0.15) is 17.3 Å². The quantitative estimate of drug-likeness (QED) is 0.737. The monoisotopic (exact) mass is 349 g/mol. The van der Waals surface area contributed by atoms with Gasteiger partial charge in [-0.05, 0) is 42.5 Å². The third-order valence-electron chi connectivity index (χ3n) is 3.83. The highest BCUT2D eigenvalue weighted by atomic mass is 19.1. The van der Waals surface area contributed by atoms with Gasteiger partial charge >= 0.3 is 0 Å². The van der Waals surface area contributed by atoms with Gasteiger partial charge in [0, 0.05) is 11.9 Å². The Kier molecular flexibility index (Phi) is 3.81. The molecule has 1 aliphatic rings. The molecule has 2 aromatic carbocycles. The number of carbonyl (C=O) groups is 2. The molecule has 0 fully saturated rings. The molecule has 0 saturated heterocycles. The number of pyridine rings is 1. The van der Waals surface area contributed by atoms with Crippen LogP contribution in [0.5, 0.6) is 11.6 Å². The van der Waals surface area contributed by atoms with Crippen LogP contribution in [-0.2, 0) is 0 Å². The van der Waals surface area contributed by atoms with E-state index in [0.717, 1.165) is 0 Å². The fourth-order valence-corrected chi connectivity index (χ4v) is 2.58. The molecule has 2 heterocycles. The zero-order valence-corrected chi connectivity index (χ0v) is 13.3. The van der Waals surface area contributed by atoms with Crippen LogP contribution in [0.2, 0.25) is 0 Å². The van der Waals surface area contributed by atoms with Gasteiger partial charge in [-0.3, -0.25) is 9.59 Å². The van der Waals surface area contributed by atoms with Crippen LogP contribution < -0.4 is 15.4 Å². The van der Waals surface area contributed by atoms with Crippen molar-refractivity contribution >= 4 is 23.2 Å². The number of nitrogens with zero attached hydrogens (tertiary/aromatic N) is 1. The van der Waals surface area contributed by atoms with E-state index < -0.39 is 17.6 Å². The molecule has 26 heavy (non-hydrogen) atoms. The van der Waals surface area contributed by atoms with Crippen LogP contribution in [0.25, 0.3) is 0 Å². The molecule has 0 saturated carbocycles. The molecule has 0 atom stereocenters. The van der Waals surface area contributed by atoms with Gasteiger partial charge in [-0.15, -0.1) is 0 Å². The van der Waals surface area contributed by atoms with Crippen LogP contribution in [-0.4, -0.2) is 16.8 Å². The highest BCUT2D eigenvalue weighted by Gasteiger charge is 2.22. The minimum atomic E-state index is -0.623. The summed E-state index contributed by atoms with van der Waals surface area (Å²) < 4.78 is 19.4. The van der Waals surface area contributed by atoms with Crippen molar-refractivity contribution < 1.29 is 18.7 Å². The molecule has 0 aliphatic carbocycles. The lowest BCUT2D eigenvalue weighted by Gasteiger charge is -2.10. The summed E-state index contributed by atoms with van der Waals surface area (Å²) in [5, 5.41) is 5.28. The van der Waals surface area contributed by atoms with Gasteiger partial charge in [-0.25, -0.2) is 9.37 Å². The maximum atomic E-state index is 13.7. The number of hydrogen-bond donors (Lipinski definition) is 2. The van der Waals surface area contributed by atoms with Crippen molar-refractivity contribution in [3.05, 3.63) is 77.7 Å². The topological polar surface area (TPSA) is 80.3 Å². The summed E-state index contributed by atoms with van der Waals surface area (Å²) in [5.41, 5.74) is 0.939. The number of aromatic nitrogens is 1. The zero-order chi connectivity index (χ0) is 18.1. The number of nitrogens with one attached hydrogen (secondary N) is 2. The molecule has 2 N–H and O–H groups in total. The molecule has 2 amide bonds. The number of ether oxygens (including phenoxy) is 1. The van der Waals surface area contributed by atoms with E-state index >= 15 is 0 Å². The summed E-state index contributed by atoms with van der Waals surface area (Å²) in [4.78, 5) is 28.8. The third kappa shape index (κ3) is 2.86. The molecule has 3 aromatic rings. The molecule has 0 radical (unpaired) electrons. The third-order valence-corrected chi connectivity index (χ3v) is 3.83. The number of rotatable bonds is 2. The normalized spacial score (nSPS) is 12.1. The largest absolute Gasteiger partial charge is 0.436 e. The highest BCUT2D eigenvalue weighted by molar-refractivity contribution is 6.09. The van der Waals surface area contributed by atoms with E-state index in [-0.39, 0.29) is 17.0 Å². The maximum absolute atomic E-state index is 13.7. The van der Waals surface area contributed by atoms with E-state index in [1.165, 1.54) is 24.3 Å². The minimum Gasteiger partial charge on any atom is -0.436 e. The SMILES string of the molecule is O=C(Nc1ccc2c(c1)C(=O)Nc1cccnc1O2)c1ccccc1F. The standard InChI is InChI=1S/C19H12FN3O3/c20-14-5-2-1-4-12(14)17(24)22-11-7-8-16-13(10-11)18(25)23-15-6-3-9-21-19(15)26-16/h1-10H,(H,22,24)(H,23,25). The minimum absolute atomic E-state index is 0.0836. The number of anilines is 2. The van der Waals surface area contributed by atoms with E-state index in [9.17, 15) is 14.0 Å². The van der Waals surface area contributed by atoms with Crippen LogP contribution in [0.15, 0.2) is 60.8 Å². The van der Waals surface area contributed by atoms with Gasteiger partial charge in [-0.1, -0.05) is 12.1 Å². The molecule has 0 spiro atoms. The molecule has 1 aliphatic heterocycles. The molecule has 1 aromatic heterocycles. The Labute approximate surface area is 147 Å². The summed E-state index contributed by atoms with van der Waals surface area (Å²) >= 11 is 0. The van der Waals surface area contributed by atoms with E-state index in [1.54, 1.807) is 36.5 Å². The Balaban J connectivity index is 1.64. The van der Waals surface area contributed by atoms with Crippen molar-refractivity contribution in [2.45, 2.75) is 0 Å². The van der Waals surface area contributed by atoms with Crippen LogP contribution >= 0.6 is 0 Å². The fourth-order valence-electron chi connectivity index (χ4n) is 2.58. The van der Waals surface area contributed by atoms with Gasteiger partial charge in [0.05, 0.1) is 11.1 Å². The summed E-state index contributed by atoms with van der Waals surface area (Å²) in [6, 6.07) is 13.6. The summed E-state index contributed by atoms with van der Waals surface area (Å²) in [6.07, 6.45) is 1.55. The first-order valence-corrected chi connectivity index (χ1v) is 7.76. The van der Waals surface area contributed by atoms with Crippen LogP contribution in [0.4, 0.5) is 15.8 Å².